The van der Waals surface area contributed by atoms with E-state index in [1.807, 2.05) is 32.0 Å². The topological polar surface area (TPSA) is 84.2 Å². The first-order valence-electron chi connectivity index (χ1n) is 7.06. The maximum atomic E-state index is 11.9. The lowest BCUT2D eigenvalue weighted by molar-refractivity contribution is 0.230. The van der Waals surface area contributed by atoms with E-state index >= 15 is 0 Å². The lowest BCUT2D eigenvalue weighted by Gasteiger charge is -2.15. The minimum Gasteiger partial charge on any atom is -0.493 e. The molecule has 2 N–H and O–H groups in total. The number of hydrogen-bond acceptors (Lipinski definition) is 4. The molecule has 0 aliphatic carbocycles. The first kappa shape index (κ1) is 15.9. The molecule has 1 aromatic heterocycles. The molecule has 0 bridgehead atoms. The van der Waals surface area contributed by atoms with Crippen molar-refractivity contribution in [3.8, 4) is 11.5 Å². The number of hydrogen-bond donors (Lipinski definition) is 2. The Morgan fingerprint density at radius 3 is 2.45 bits per heavy atom. The van der Waals surface area contributed by atoms with E-state index in [0.29, 0.717) is 29.2 Å². The van der Waals surface area contributed by atoms with Gasteiger partial charge in [0.15, 0.2) is 11.5 Å². The average molecular weight is 304 g/mol. The number of H-pyrrole nitrogens is 2. The number of aromatic amines is 2. The Morgan fingerprint density at radius 1 is 1.14 bits per heavy atom. The van der Waals surface area contributed by atoms with Gasteiger partial charge in [-0.15, -0.1) is 0 Å². The van der Waals surface area contributed by atoms with Crippen molar-refractivity contribution >= 4 is 0 Å². The summed E-state index contributed by atoms with van der Waals surface area (Å²) in [5.41, 5.74) is 1.13. The molecule has 0 atom stereocenters. The van der Waals surface area contributed by atoms with Gasteiger partial charge in [0.05, 0.1) is 13.2 Å². The Labute approximate surface area is 128 Å². The fourth-order valence-corrected chi connectivity index (χ4v) is 2.22. The molecule has 1 aromatic carbocycles. The van der Waals surface area contributed by atoms with Crippen molar-refractivity contribution < 1.29 is 9.47 Å². The van der Waals surface area contributed by atoms with Crippen molar-refractivity contribution in [1.82, 2.24) is 9.97 Å². The maximum Gasteiger partial charge on any atom is 0.325 e. The summed E-state index contributed by atoms with van der Waals surface area (Å²) in [6.07, 6.45) is 0.415. The van der Waals surface area contributed by atoms with E-state index in [9.17, 15) is 9.59 Å². The number of ether oxygens (including phenoxy) is 2. The van der Waals surface area contributed by atoms with Gasteiger partial charge in [-0.25, -0.2) is 4.79 Å². The van der Waals surface area contributed by atoms with Gasteiger partial charge in [0.2, 0.25) is 0 Å². The molecule has 0 aliphatic rings. The molecule has 6 nitrogen and oxygen atoms in total. The van der Waals surface area contributed by atoms with Crippen molar-refractivity contribution in [1.29, 1.82) is 0 Å². The van der Waals surface area contributed by atoms with Crippen LogP contribution in [0.5, 0.6) is 11.5 Å². The summed E-state index contributed by atoms with van der Waals surface area (Å²) in [6.45, 7) is 5.58. The van der Waals surface area contributed by atoms with Crippen LogP contribution in [0.15, 0.2) is 27.8 Å². The van der Waals surface area contributed by atoms with Crippen LogP contribution in [-0.2, 0) is 6.42 Å². The molecule has 118 valence electrons. The molecular formula is C16H20N2O4. The number of methoxy groups -OCH3 is 1. The SMILES string of the molecule is COc1ccc(Cc2c(C)[nH]c(=O)[nH]c2=O)cc1OC(C)C. The Hall–Kier alpha value is -2.50. The second-order valence-electron chi connectivity index (χ2n) is 5.34. The highest BCUT2D eigenvalue weighted by atomic mass is 16.5. The monoisotopic (exact) mass is 304 g/mol. The van der Waals surface area contributed by atoms with Crippen molar-refractivity contribution in [2.24, 2.45) is 0 Å². The predicted molar refractivity (Wildman–Crippen MR) is 84.0 cm³/mol. The molecule has 6 heteroatoms. The predicted octanol–water partition coefficient (Wildman–Crippen LogP) is 1.76. The highest BCUT2D eigenvalue weighted by molar-refractivity contribution is 5.44. The lowest BCUT2D eigenvalue weighted by atomic mass is 10.0. The molecule has 2 aromatic rings. The molecule has 0 saturated heterocycles. The van der Waals surface area contributed by atoms with Crippen LogP contribution in [0.4, 0.5) is 0 Å². The zero-order valence-corrected chi connectivity index (χ0v) is 13.1. The van der Waals surface area contributed by atoms with Crippen molar-refractivity contribution in [2.45, 2.75) is 33.3 Å². The molecule has 0 aliphatic heterocycles. The van der Waals surface area contributed by atoms with Crippen LogP contribution in [0, 0.1) is 6.92 Å². The van der Waals surface area contributed by atoms with Gasteiger partial charge in [-0.3, -0.25) is 9.78 Å². The minimum absolute atomic E-state index is 0.0161. The van der Waals surface area contributed by atoms with Gasteiger partial charge < -0.3 is 14.5 Å². The molecular weight excluding hydrogens is 284 g/mol. The average Bonchev–Trinajstić information content (AvgIpc) is 2.42. The van der Waals surface area contributed by atoms with Gasteiger partial charge in [0.1, 0.15) is 0 Å². The molecule has 0 saturated carbocycles. The number of aromatic nitrogens is 2. The Kier molecular flexibility index (Phi) is 4.70. The van der Waals surface area contributed by atoms with E-state index in [-0.39, 0.29) is 11.7 Å². The van der Waals surface area contributed by atoms with Crippen LogP contribution < -0.4 is 20.7 Å². The summed E-state index contributed by atoms with van der Waals surface area (Å²) in [5, 5.41) is 0. The van der Waals surface area contributed by atoms with E-state index in [2.05, 4.69) is 9.97 Å². The molecule has 1 heterocycles. The van der Waals surface area contributed by atoms with E-state index in [1.54, 1.807) is 14.0 Å². The van der Waals surface area contributed by atoms with Gasteiger partial charge in [-0.2, -0.15) is 0 Å². The molecule has 0 spiro atoms. The maximum absolute atomic E-state index is 11.9. The fourth-order valence-electron chi connectivity index (χ4n) is 2.22. The smallest absolute Gasteiger partial charge is 0.325 e. The van der Waals surface area contributed by atoms with Crippen molar-refractivity contribution in [3.63, 3.8) is 0 Å². The first-order chi connectivity index (χ1) is 10.4. The quantitative estimate of drug-likeness (QED) is 0.881. The van der Waals surface area contributed by atoms with Gasteiger partial charge >= 0.3 is 5.69 Å². The molecule has 0 amide bonds. The molecule has 0 unspecified atom stereocenters. The van der Waals surface area contributed by atoms with Crippen LogP contribution in [0.1, 0.15) is 30.7 Å². The highest BCUT2D eigenvalue weighted by Crippen LogP contribution is 2.29. The lowest BCUT2D eigenvalue weighted by Crippen LogP contribution is -2.27. The van der Waals surface area contributed by atoms with Crippen LogP contribution in [0.3, 0.4) is 0 Å². The summed E-state index contributed by atoms with van der Waals surface area (Å²) in [4.78, 5) is 28.0. The highest BCUT2D eigenvalue weighted by Gasteiger charge is 2.11. The Balaban J connectivity index is 2.38. The molecule has 22 heavy (non-hydrogen) atoms. The summed E-state index contributed by atoms with van der Waals surface area (Å²) >= 11 is 0. The molecule has 0 radical (unpaired) electrons. The van der Waals surface area contributed by atoms with E-state index < -0.39 is 5.69 Å². The van der Waals surface area contributed by atoms with Gasteiger partial charge in [0.25, 0.3) is 5.56 Å². The molecule has 2 rings (SSSR count). The zero-order chi connectivity index (χ0) is 16.3. The number of benzene rings is 1. The van der Waals surface area contributed by atoms with Gasteiger partial charge in [-0.05, 0) is 38.5 Å². The van der Waals surface area contributed by atoms with Gasteiger partial charge in [0, 0.05) is 17.7 Å². The summed E-state index contributed by atoms with van der Waals surface area (Å²) in [6, 6.07) is 5.53. The first-order valence-corrected chi connectivity index (χ1v) is 7.06. The standard InChI is InChI=1S/C16H20N2O4/c1-9(2)22-14-8-11(5-6-13(14)21-4)7-12-10(3)17-16(20)18-15(12)19/h5-6,8-9H,7H2,1-4H3,(H2,17,18,19,20). The number of nitrogens with one attached hydrogen (secondary N) is 2. The summed E-state index contributed by atoms with van der Waals surface area (Å²) in [5.74, 6) is 1.28. The largest absolute Gasteiger partial charge is 0.493 e. The number of aryl methyl sites for hydroxylation is 1. The van der Waals surface area contributed by atoms with E-state index in [1.165, 1.54) is 0 Å². The summed E-state index contributed by atoms with van der Waals surface area (Å²) < 4.78 is 11.0. The van der Waals surface area contributed by atoms with E-state index in [0.717, 1.165) is 5.56 Å². The van der Waals surface area contributed by atoms with Crippen LogP contribution in [0.25, 0.3) is 0 Å². The summed E-state index contributed by atoms with van der Waals surface area (Å²) in [7, 11) is 1.58. The normalized spacial score (nSPS) is 10.8. The molecule has 0 fully saturated rings. The zero-order valence-electron chi connectivity index (χ0n) is 13.1. The third kappa shape index (κ3) is 3.58. The van der Waals surface area contributed by atoms with Crippen LogP contribution >= 0.6 is 0 Å². The van der Waals surface area contributed by atoms with Gasteiger partial charge in [-0.1, -0.05) is 6.07 Å². The third-order valence-corrected chi connectivity index (χ3v) is 3.23. The Bertz CT molecular complexity index is 774. The second-order valence-corrected chi connectivity index (χ2v) is 5.34. The third-order valence-electron chi connectivity index (χ3n) is 3.23. The van der Waals surface area contributed by atoms with Crippen molar-refractivity contribution in [2.75, 3.05) is 7.11 Å². The van der Waals surface area contributed by atoms with Crippen molar-refractivity contribution in [3.05, 3.63) is 55.9 Å². The van der Waals surface area contributed by atoms with E-state index in [4.69, 9.17) is 9.47 Å². The second kappa shape index (κ2) is 6.51. The fraction of sp³-hybridized carbons (Fsp3) is 0.375. The van der Waals surface area contributed by atoms with Crippen LogP contribution in [0.2, 0.25) is 0 Å². The number of rotatable bonds is 5. The van der Waals surface area contributed by atoms with Crippen LogP contribution in [-0.4, -0.2) is 23.2 Å². The Morgan fingerprint density at radius 2 is 1.86 bits per heavy atom. The minimum atomic E-state index is -0.496.